The predicted molar refractivity (Wildman–Crippen MR) is 84.4 cm³/mol. The zero-order valence-electron chi connectivity index (χ0n) is 12.0. The highest BCUT2D eigenvalue weighted by molar-refractivity contribution is 7.15. The first-order chi connectivity index (χ1) is 10.2. The average molecular weight is 299 g/mol. The highest BCUT2D eigenvalue weighted by Gasteiger charge is 2.11. The molecule has 0 bridgehead atoms. The normalized spacial score (nSPS) is 12.3. The molecule has 1 N–H and O–H groups in total. The minimum Gasteiger partial charge on any atom is -0.353 e. The molecular weight excluding hydrogens is 282 g/mol. The van der Waals surface area contributed by atoms with Gasteiger partial charge in [0.05, 0.1) is 12.2 Å². The van der Waals surface area contributed by atoms with Crippen LogP contribution in [0.2, 0.25) is 0 Å². The van der Waals surface area contributed by atoms with E-state index in [1.165, 1.54) is 5.56 Å². The van der Waals surface area contributed by atoms with Gasteiger partial charge < -0.3 is 5.32 Å². The standard InChI is InChI=1S/C15H17N5S/c1-11(13-9-16-20(2)10-13)17-15-19-18-14(21-15)8-12-6-4-3-5-7-12/h3-7,9-11H,8H2,1-2H3,(H,17,19). The summed E-state index contributed by atoms with van der Waals surface area (Å²) in [7, 11) is 1.92. The third-order valence-electron chi connectivity index (χ3n) is 3.23. The highest BCUT2D eigenvalue weighted by atomic mass is 32.1. The first-order valence-electron chi connectivity index (χ1n) is 6.82. The molecular formula is C15H17N5S. The van der Waals surface area contributed by atoms with Crippen LogP contribution in [0.1, 0.15) is 29.1 Å². The van der Waals surface area contributed by atoms with Crippen LogP contribution in [0, 0.1) is 0 Å². The van der Waals surface area contributed by atoms with E-state index < -0.39 is 0 Å². The van der Waals surface area contributed by atoms with Crippen molar-refractivity contribution >= 4 is 16.5 Å². The highest BCUT2D eigenvalue weighted by Crippen LogP contribution is 2.23. The minimum atomic E-state index is 0.163. The molecule has 0 amide bonds. The molecule has 21 heavy (non-hydrogen) atoms. The Morgan fingerprint density at radius 3 is 2.76 bits per heavy atom. The van der Waals surface area contributed by atoms with Crippen molar-refractivity contribution in [3.63, 3.8) is 0 Å². The topological polar surface area (TPSA) is 55.6 Å². The van der Waals surface area contributed by atoms with Crippen LogP contribution in [-0.4, -0.2) is 20.0 Å². The molecule has 1 aromatic carbocycles. The molecule has 0 aliphatic rings. The zero-order chi connectivity index (χ0) is 14.7. The molecule has 3 rings (SSSR count). The zero-order valence-corrected chi connectivity index (χ0v) is 12.8. The first kappa shape index (κ1) is 13.8. The largest absolute Gasteiger partial charge is 0.353 e. The molecule has 0 saturated carbocycles. The molecule has 0 radical (unpaired) electrons. The quantitative estimate of drug-likeness (QED) is 0.787. The summed E-state index contributed by atoms with van der Waals surface area (Å²) in [5.74, 6) is 0. The molecule has 2 heterocycles. The Balaban J connectivity index is 1.65. The van der Waals surface area contributed by atoms with Gasteiger partial charge in [-0.3, -0.25) is 4.68 Å². The second kappa shape index (κ2) is 6.05. The van der Waals surface area contributed by atoms with E-state index >= 15 is 0 Å². The number of hydrogen-bond acceptors (Lipinski definition) is 5. The van der Waals surface area contributed by atoms with Gasteiger partial charge in [0.1, 0.15) is 5.01 Å². The number of nitrogens with zero attached hydrogens (tertiary/aromatic N) is 4. The molecule has 1 unspecified atom stereocenters. The number of aromatic nitrogens is 4. The van der Waals surface area contributed by atoms with E-state index in [0.717, 1.165) is 22.1 Å². The monoisotopic (exact) mass is 299 g/mol. The van der Waals surface area contributed by atoms with Crippen molar-refractivity contribution in [2.24, 2.45) is 7.05 Å². The summed E-state index contributed by atoms with van der Waals surface area (Å²) >= 11 is 1.60. The maximum Gasteiger partial charge on any atom is 0.206 e. The SMILES string of the molecule is CC(Nc1nnc(Cc2ccccc2)s1)c1cnn(C)c1. The van der Waals surface area contributed by atoms with Gasteiger partial charge in [-0.15, -0.1) is 10.2 Å². The maximum atomic E-state index is 4.25. The maximum absolute atomic E-state index is 4.25. The number of nitrogens with one attached hydrogen (secondary N) is 1. The van der Waals surface area contributed by atoms with Crippen molar-refractivity contribution in [1.29, 1.82) is 0 Å². The summed E-state index contributed by atoms with van der Waals surface area (Å²) in [5, 5.41) is 17.9. The summed E-state index contributed by atoms with van der Waals surface area (Å²) in [6, 6.07) is 10.5. The fraction of sp³-hybridized carbons (Fsp3) is 0.267. The third kappa shape index (κ3) is 3.46. The van der Waals surface area contributed by atoms with Crippen LogP contribution in [0.15, 0.2) is 42.7 Å². The van der Waals surface area contributed by atoms with Gasteiger partial charge in [-0.1, -0.05) is 41.7 Å². The Bertz CT molecular complexity index is 704. The van der Waals surface area contributed by atoms with Crippen LogP contribution in [0.5, 0.6) is 0 Å². The summed E-state index contributed by atoms with van der Waals surface area (Å²) in [6.07, 6.45) is 4.69. The number of aryl methyl sites for hydroxylation is 1. The van der Waals surface area contributed by atoms with Crippen LogP contribution < -0.4 is 5.32 Å². The molecule has 0 saturated heterocycles. The first-order valence-corrected chi connectivity index (χ1v) is 7.64. The fourth-order valence-corrected chi connectivity index (χ4v) is 2.95. The van der Waals surface area contributed by atoms with Gasteiger partial charge in [0.2, 0.25) is 5.13 Å². The molecule has 0 fully saturated rings. The molecule has 108 valence electrons. The lowest BCUT2D eigenvalue weighted by Gasteiger charge is -2.09. The number of anilines is 1. The fourth-order valence-electron chi connectivity index (χ4n) is 2.09. The Morgan fingerprint density at radius 1 is 1.24 bits per heavy atom. The Morgan fingerprint density at radius 2 is 2.05 bits per heavy atom. The van der Waals surface area contributed by atoms with E-state index in [1.54, 1.807) is 16.0 Å². The van der Waals surface area contributed by atoms with Gasteiger partial charge in [0.25, 0.3) is 0 Å². The van der Waals surface area contributed by atoms with Gasteiger partial charge >= 0.3 is 0 Å². The van der Waals surface area contributed by atoms with Crippen LogP contribution in [-0.2, 0) is 13.5 Å². The van der Waals surface area contributed by atoms with E-state index in [-0.39, 0.29) is 6.04 Å². The van der Waals surface area contributed by atoms with Gasteiger partial charge in [0.15, 0.2) is 0 Å². The van der Waals surface area contributed by atoms with E-state index in [4.69, 9.17) is 0 Å². The molecule has 2 aromatic heterocycles. The summed E-state index contributed by atoms with van der Waals surface area (Å²) in [5.41, 5.74) is 2.39. The third-order valence-corrected chi connectivity index (χ3v) is 4.08. The molecule has 0 spiro atoms. The summed E-state index contributed by atoms with van der Waals surface area (Å²) < 4.78 is 1.80. The second-order valence-electron chi connectivity index (χ2n) is 4.98. The summed E-state index contributed by atoms with van der Waals surface area (Å²) in [4.78, 5) is 0. The molecule has 0 aliphatic carbocycles. The van der Waals surface area contributed by atoms with Crippen LogP contribution in [0.25, 0.3) is 0 Å². The van der Waals surface area contributed by atoms with E-state index in [1.807, 2.05) is 37.6 Å². The minimum absolute atomic E-state index is 0.163. The Labute approximate surface area is 127 Å². The Hall–Kier alpha value is -2.21. The number of rotatable bonds is 5. The molecule has 1 atom stereocenters. The lowest BCUT2D eigenvalue weighted by atomic mass is 10.2. The van der Waals surface area contributed by atoms with Crippen molar-refractivity contribution in [3.8, 4) is 0 Å². The molecule has 0 aliphatic heterocycles. The van der Waals surface area contributed by atoms with E-state index in [2.05, 4.69) is 39.7 Å². The predicted octanol–water partition coefficient (Wildman–Crippen LogP) is 3.04. The van der Waals surface area contributed by atoms with Crippen molar-refractivity contribution in [3.05, 3.63) is 58.9 Å². The van der Waals surface area contributed by atoms with Crippen LogP contribution in [0.4, 0.5) is 5.13 Å². The summed E-state index contributed by atoms with van der Waals surface area (Å²) in [6.45, 7) is 2.09. The second-order valence-corrected chi connectivity index (χ2v) is 6.04. The lowest BCUT2D eigenvalue weighted by Crippen LogP contribution is -2.05. The van der Waals surface area contributed by atoms with E-state index in [0.29, 0.717) is 0 Å². The Kier molecular flexibility index (Phi) is 3.96. The van der Waals surface area contributed by atoms with Gasteiger partial charge in [-0.05, 0) is 12.5 Å². The van der Waals surface area contributed by atoms with Crippen molar-refractivity contribution in [2.75, 3.05) is 5.32 Å². The average Bonchev–Trinajstić information content (AvgIpc) is 3.09. The van der Waals surface area contributed by atoms with E-state index in [9.17, 15) is 0 Å². The van der Waals surface area contributed by atoms with Crippen molar-refractivity contribution in [2.45, 2.75) is 19.4 Å². The smallest absolute Gasteiger partial charge is 0.206 e. The van der Waals surface area contributed by atoms with Gasteiger partial charge in [0, 0.05) is 25.2 Å². The van der Waals surface area contributed by atoms with Crippen LogP contribution in [0.3, 0.4) is 0 Å². The number of benzene rings is 1. The van der Waals surface area contributed by atoms with Crippen molar-refractivity contribution < 1.29 is 0 Å². The van der Waals surface area contributed by atoms with Crippen molar-refractivity contribution in [1.82, 2.24) is 20.0 Å². The van der Waals surface area contributed by atoms with Gasteiger partial charge in [-0.25, -0.2) is 0 Å². The number of hydrogen-bond donors (Lipinski definition) is 1. The van der Waals surface area contributed by atoms with Gasteiger partial charge in [-0.2, -0.15) is 5.10 Å². The lowest BCUT2D eigenvalue weighted by molar-refractivity contribution is 0.765. The molecule has 5 nitrogen and oxygen atoms in total. The van der Waals surface area contributed by atoms with Crippen LogP contribution >= 0.6 is 11.3 Å². The molecule has 6 heteroatoms. The molecule has 3 aromatic rings.